The number of halogens is 1. The summed E-state index contributed by atoms with van der Waals surface area (Å²) in [6, 6.07) is 5.72. The summed E-state index contributed by atoms with van der Waals surface area (Å²) in [7, 11) is 2.00. The number of nitrogens with zero attached hydrogens (tertiary/aromatic N) is 2. The van der Waals surface area contributed by atoms with Crippen LogP contribution in [0.3, 0.4) is 0 Å². The van der Waals surface area contributed by atoms with Gasteiger partial charge in [-0.1, -0.05) is 11.6 Å². The molecular formula is C12H16ClN3S. The molecule has 0 aliphatic carbocycles. The first-order valence-electron chi connectivity index (χ1n) is 5.50. The maximum atomic E-state index is 6.15. The zero-order valence-corrected chi connectivity index (χ0v) is 11.6. The van der Waals surface area contributed by atoms with Crippen molar-refractivity contribution in [2.45, 2.75) is 12.5 Å². The number of aryl methyl sites for hydroxylation is 1. The lowest BCUT2D eigenvalue weighted by Crippen LogP contribution is -2.16. The fraction of sp³-hybridized carbons (Fsp3) is 0.417. The van der Waals surface area contributed by atoms with Crippen molar-refractivity contribution < 1.29 is 0 Å². The van der Waals surface area contributed by atoms with Crippen LogP contribution >= 0.6 is 23.4 Å². The van der Waals surface area contributed by atoms with E-state index in [1.165, 1.54) is 0 Å². The number of thioether (sulfide) groups is 1. The predicted molar refractivity (Wildman–Crippen MR) is 75.7 cm³/mol. The van der Waals surface area contributed by atoms with Crippen molar-refractivity contribution in [1.82, 2.24) is 9.55 Å². The van der Waals surface area contributed by atoms with Crippen LogP contribution in [0.4, 0.5) is 0 Å². The first-order valence-corrected chi connectivity index (χ1v) is 7.27. The molecule has 0 saturated heterocycles. The molecule has 0 aliphatic rings. The Kier molecular flexibility index (Phi) is 3.97. The second kappa shape index (κ2) is 5.29. The van der Waals surface area contributed by atoms with Gasteiger partial charge in [0.25, 0.3) is 0 Å². The topological polar surface area (TPSA) is 43.8 Å². The minimum absolute atomic E-state index is 0.0152. The number of hydrogen-bond acceptors (Lipinski definition) is 3. The molecule has 0 aliphatic heterocycles. The fourth-order valence-electron chi connectivity index (χ4n) is 1.90. The molecule has 5 heteroatoms. The second-order valence-electron chi connectivity index (χ2n) is 4.05. The Bertz CT molecular complexity index is 524. The Morgan fingerprint density at radius 1 is 1.53 bits per heavy atom. The fourth-order valence-corrected chi connectivity index (χ4v) is 2.55. The van der Waals surface area contributed by atoms with Crippen LogP contribution in [0.2, 0.25) is 5.02 Å². The zero-order valence-electron chi connectivity index (χ0n) is 9.98. The zero-order chi connectivity index (χ0) is 12.4. The number of nitrogens with two attached hydrogens (primary N) is 1. The van der Waals surface area contributed by atoms with E-state index in [4.69, 9.17) is 17.3 Å². The molecule has 0 spiro atoms. The molecule has 2 N–H and O–H groups in total. The van der Waals surface area contributed by atoms with Crippen LogP contribution in [0.25, 0.3) is 11.0 Å². The largest absolute Gasteiger partial charge is 0.330 e. The molecule has 3 nitrogen and oxygen atoms in total. The van der Waals surface area contributed by atoms with E-state index < -0.39 is 0 Å². The highest BCUT2D eigenvalue weighted by atomic mass is 35.5. The summed E-state index contributed by atoms with van der Waals surface area (Å²) in [5, 5.41) is 0.708. The minimum Gasteiger partial charge on any atom is -0.330 e. The molecule has 0 fully saturated rings. The smallest absolute Gasteiger partial charge is 0.126 e. The first kappa shape index (κ1) is 12.7. The van der Waals surface area contributed by atoms with E-state index in [-0.39, 0.29) is 6.04 Å². The number of aromatic nitrogens is 2. The lowest BCUT2D eigenvalue weighted by atomic mass is 10.2. The van der Waals surface area contributed by atoms with Gasteiger partial charge in [-0.05, 0) is 36.6 Å². The van der Waals surface area contributed by atoms with Gasteiger partial charge < -0.3 is 10.3 Å². The van der Waals surface area contributed by atoms with Crippen LogP contribution in [-0.2, 0) is 7.05 Å². The van der Waals surface area contributed by atoms with Crippen molar-refractivity contribution in [3.63, 3.8) is 0 Å². The van der Waals surface area contributed by atoms with Gasteiger partial charge in [0.2, 0.25) is 0 Å². The maximum absolute atomic E-state index is 6.15. The Labute approximate surface area is 110 Å². The summed E-state index contributed by atoms with van der Waals surface area (Å²) in [4.78, 5) is 4.57. The third-order valence-electron chi connectivity index (χ3n) is 2.84. The number of fused-ring (bicyclic) bond motifs is 1. The summed E-state index contributed by atoms with van der Waals surface area (Å²) < 4.78 is 2.05. The molecule has 0 radical (unpaired) electrons. The number of rotatable bonds is 4. The van der Waals surface area contributed by atoms with Crippen LogP contribution in [0.15, 0.2) is 18.2 Å². The Morgan fingerprint density at radius 2 is 2.29 bits per heavy atom. The predicted octanol–water partition coefficient (Wildman–Crippen LogP) is 2.98. The van der Waals surface area contributed by atoms with E-state index in [0.717, 1.165) is 29.0 Å². The van der Waals surface area contributed by atoms with Gasteiger partial charge >= 0.3 is 0 Å². The van der Waals surface area contributed by atoms with Gasteiger partial charge in [0.15, 0.2) is 0 Å². The van der Waals surface area contributed by atoms with Crippen molar-refractivity contribution in [3.8, 4) is 0 Å². The normalized spacial score (nSPS) is 13.2. The van der Waals surface area contributed by atoms with E-state index >= 15 is 0 Å². The number of imidazole rings is 1. The van der Waals surface area contributed by atoms with Gasteiger partial charge in [-0.15, -0.1) is 0 Å². The van der Waals surface area contributed by atoms with E-state index in [2.05, 4.69) is 15.8 Å². The van der Waals surface area contributed by atoms with Crippen molar-refractivity contribution >= 4 is 34.4 Å². The summed E-state index contributed by atoms with van der Waals surface area (Å²) >= 11 is 7.76. The third kappa shape index (κ3) is 2.59. The van der Waals surface area contributed by atoms with Crippen LogP contribution in [0, 0.1) is 0 Å². The minimum atomic E-state index is -0.0152. The van der Waals surface area contributed by atoms with Gasteiger partial charge in [0.05, 0.1) is 17.1 Å². The monoisotopic (exact) mass is 269 g/mol. The van der Waals surface area contributed by atoms with Gasteiger partial charge in [-0.2, -0.15) is 11.8 Å². The highest BCUT2D eigenvalue weighted by Crippen LogP contribution is 2.23. The highest BCUT2D eigenvalue weighted by molar-refractivity contribution is 7.98. The molecule has 1 unspecified atom stereocenters. The number of benzene rings is 1. The van der Waals surface area contributed by atoms with Crippen LogP contribution < -0.4 is 5.73 Å². The summed E-state index contributed by atoms with van der Waals surface area (Å²) in [6.07, 6.45) is 3.02. The van der Waals surface area contributed by atoms with E-state index in [1.807, 2.05) is 25.2 Å². The average molecular weight is 270 g/mol. The number of hydrogen-bond donors (Lipinski definition) is 1. The second-order valence-corrected chi connectivity index (χ2v) is 5.47. The van der Waals surface area contributed by atoms with Gasteiger partial charge in [0.1, 0.15) is 5.82 Å². The molecule has 92 valence electrons. The lowest BCUT2D eigenvalue weighted by molar-refractivity contribution is 0.628. The third-order valence-corrected chi connectivity index (χ3v) is 3.72. The molecule has 1 heterocycles. The molecule has 17 heavy (non-hydrogen) atoms. The summed E-state index contributed by atoms with van der Waals surface area (Å²) in [6.45, 7) is 0. The molecule has 0 bridgehead atoms. The van der Waals surface area contributed by atoms with Crippen molar-refractivity contribution in [3.05, 3.63) is 29.0 Å². The Balaban J connectivity index is 2.37. The Hall–Kier alpha value is -0.710. The van der Waals surface area contributed by atoms with Crippen LogP contribution in [-0.4, -0.2) is 21.6 Å². The SMILES string of the molecule is CSCCC(N)c1nc2cc(Cl)ccc2n1C. The van der Waals surface area contributed by atoms with Crippen molar-refractivity contribution in [1.29, 1.82) is 0 Å². The van der Waals surface area contributed by atoms with E-state index in [1.54, 1.807) is 11.8 Å². The van der Waals surface area contributed by atoms with Crippen molar-refractivity contribution in [2.75, 3.05) is 12.0 Å². The van der Waals surface area contributed by atoms with Gasteiger partial charge in [-0.25, -0.2) is 4.98 Å². The van der Waals surface area contributed by atoms with E-state index in [9.17, 15) is 0 Å². The van der Waals surface area contributed by atoms with Crippen molar-refractivity contribution in [2.24, 2.45) is 12.8 Å². The summed E-state index contributed by atoms with van der Waals surface area (Å²) in [5.74, 6) is 1.97. The molecule has 0 saturated carbocycles. The lowest BCUT2D eigenvalue weighted by Gasteiger charge is -2.10. The molecule has 1 aromatic carbocycles. The molecule has 2 rings (SSSR count). The first-order chi connectivity index (χ1) is 8.13. The van der Waals surface area contributed by atoms with Gasteiger partial charge in [0, 0.05) is 12.1 Å². The summed E-state index contributed by atoms with van der Waals surface area (Å²) in [5.41, 5.74) is 8.14. The average Bonchev–Trinajstić information content (AvgIpc) is 2.63. The molecule has 1 aromatic heterocycles. The van der Waals surface area contributed by atoms with E-state index in [0.29, 0.717) is 5.02 Å². The molecule has 1 atom stereocenters. The van der Waals surface area contributed by atoms with Crippen LogP contribution in [0.1, 0.15) is 18.3 Å². The molecule has 2 aromatic rings. The molecular weight excluding hydrogens is 254 g/mol. The maximum Gasteiger partial charge on any atom is 0.126 e. The quantitative estimate of drug-likeness (QED) is 0.928. The standard InChI is InChI=1S/C12H16ClN3S/c1-16-11-4-3-8(13)7-10(11)15-12(16)9(14)5-6-17-2/h3-4,7,9H,5-6,14H2,1-2H3. The Morgan fingerprint density at radius 3 is 3.00 bits per heavy atom. The highest BCUT2D eigenvalue weighted by Gasteiger charge is 2.14. The van der Waals surface area contributed by atoms with Crippen LogP contribution in [0.5, 0.6) is 0 Å². The molecule has 0 amide bonds. The van der Waals surface area contributed by atoms with Gasteiger partial charge in [-0.3, -0.25) is 0 Å².